The Morgan fingerprint density at radius 2 is 2.33 bits per heavy atom. The summed E-state index contributed by atoms with van der Waals surface area (Å²) >= 11 is 3.40. The van der Waals surface area contributed by atoms with Crippen LogP contribution in [0, 0.1) is 5.41 Å². The fourth-order valence-electron chi connectivity index (χ4n) is 1.67. The molecule has 2 rings (SSSR count). The molecule has 1 heterocycles. The van der Waals surface area contributed by atoms with Gasteiger partial charge in [0.15, 0.2) is 5.78 Å². The topological polar surface area (TPSA) is 34.9 Å². The Bertz CT molecular complexity index is 393. The second-order valence-electron chi connectivity index (χ2n) is 4.45. The number of carbonyl (C=O) groups excluding carboxylic acids is 1. The molecule has 1 aliphatic rings. The van der Waals surface area contributed by atoms with Crippen molar-refractivity contribution in [1.29, 1.82) is 0 Å². The quantitative estimate of drug-likeness (QED) is 0.789. The van der Waals surface area contributed by atoms with Crippen molar-refractivity contribution in [2.24, 2.45) is 5.41 Å². The third kappa shape index (κ3) is 1.87. The molecule has 0 unspecified atom stereocenters. The van der Waals surface area contributed by atoms with Gasteiger partial charge in [-0.2, -0.15) is 5.10 Å². The SMILES string of the molecule is CCCn1ncc(Br)c1C(=O)C1(C)CC1. The minimum absolute atomic E-state index is 0.117. The van der Waals surface area contributed by atoms with Crippen LogP contribution in [0.1, 0.15) is 43.6 Å². The molecule has 82 valence electrons. The first-order valence-electron chi connectivity index (χ1n) is 5.34. The number of nitrogens with zero attached hydrogens (tertiary/aromatic N) is 2. The van der Waals surface area contributed by atoms with Crippen LogP contribution in [-0.4, -0.2) is 15.6 Å². The number of Topliss-reactive ketones (excluding diaryl/α,β-unsaturated/α-hetero) is 1. The lowest BCUT2D eigenvalue weighted by Crippen LogP contribution is -2.18. The number of carbonyl (C=O) groups is 1. The van der Waals surface area contributed by atoms with Crippen molar-refractivity contribution < 1.29 is 4.79 Å². The molecule has 0 N–H and O–H groups in total. The Kier molecular flexibility index (Phi) is 2.71. The number of ketones is 1. The molecule has 0 radical (unpaired) electrons. The van der Waals surface area contributed by atoms with Crippen LogP contribution in [0.25, 0.3) is 0 Å². The van der Waals surface area contributed by atoms with Crippen LogP contribution in [0.4, 0.5) is 0 Å². The first-order valence-corrected chi connectivity index (χ1v) is 6.14. The highest BCUT2D eigenvalue weighted by molar-refractivity contribution is 9.10. The summed E-state index contributed by atoms with van der Waals surface area (Å²) in [5, 5.41) is 4.22. The molecule has 1 aliphatic carbocycles. The van der Waals surface area contributed by atoms with E-state index >= 15 is 0 Å². The summed E-state index contributed by atoms with van der Waals surface area (Å²) in [5.41, 5.74) is 0.630. The van der Waals surface area contributed by atoms with Gasteiger partial charge in [-0.3, -0.25) is 9.48 Å². The van der Waals surface area contributed by atoms with Gasteiger partial charge in [-0.05, 0) is 35.2 Å². The van der Waals surface area contributed by atoms with Crippen LogP contribution < -0.4 is 0 Å². The molecule has 0 atom stereocenters. The summed E-state index contributed by atoms with van der Waals surface area (Å²) in [6.45, 7) is 4.93. The Morgan fingerprint density at radius 1 is 1.67 bits per heavy atom. The Labute approximate surface area is 98.0 Å². The molecule has 1 fully saturated rings. The lowest BCUT2D eigenvalue weighted by atomic mass is 10.0. The van der Waals surface area contributed by atoms with Gasteiger partial charge < -0.3 is 0 Å². The van der Waals surface area contributed by atoms with Crippen molar-refractivity contribution in [2.45, 2.75) is 39.7 Å². The molecule has 0 spiro atoms. The second kappa shape index (κ2) is 3.74. The average molecular weight is 271 g/mol. The van der Waals surface area contributed by atoms with Crippen molar-refractivity contribution in [3.63, 3.8) is 0 Å². The Hall–Kier alpha value is -0.640. The number of hydrogen-bond acceptors (Lipinski definition) is 2. The van der Waals surface area contributed by atoms with Crippen LogP contribution in [0.15, 0.2) is 10.7 Å². The molecular formula is C11H15BrN2O. The van der Waals surface area contributed by atoms with Crippen molar-refractivity contribution in [2.75, 3.05) is 0 Å². The molecule has 0 aromatic carbocycles. The van der Waals surface area contributed by atoms with Gasteiger partial charge in [-0.15, -0.1) is 0 Å². The molecule has 0 aliphatic heterocycles. The lowest BCUT2D eigenvalue weighted by molar-refractivity contribution is 0.0900. The van der Waals surface area contributed by atoms with Gasteiger partial charge >= 0.3 is 0 Å². The highest BCUT2D eigenvalue weighted by Crippen LogP contribution is 2.48. The molecule has 1 aromatic rings. The highest BCUT2D eigenvalue weighted by atomic mass is 79.9. The third-order valence-electron chi connectivity index (χ3n) is 2.99. The van der Waals surface area contributed by atoms with E-state index in [4.69, 9.17) is 0 Å². The first kappa shape index (κ1) is 10.9. The summed E-state index contributed by atoms with van der Waals surface area (Å²) in [6, 6.07) is 0. The van der Waals surface area contributed by atoms with E-state index in [2.05, 4.69) is 28.0 Å². The minimum atomic E-state index is -0.117. The van der Waals surface area contributed by atoms with E-state index in [9.17, 15) is 4.79 Å². The largest absolute Gasteiger partial charge is 0.292 e. The van der Waals surface area contributed by atoms with Crippen molar-refractivity contribution in [1.82, 2.24) is 9.78 Å². The predicted octanol–water partition coefficient (Wildman–Crippen LogP) is 3.04. The van der Waals surface area contributed by atoms with Crippen LogP contribution in [-0.2, 0) is 6.54 Å². The van der Waals surface area contributed by atoms with Crippen LogP contribution in [0.3, 0.4) is 0 Å². The number of aryl methyl sites for hydroxylation is 1. The second-order valence-corrected chi connectivity index (χ2v) is 5.31. The molecule has 15 heavy (non-hydrogen) atoms. The van der Waals surface area contributed by atoms with Gasteiger partial charge in [-0.25, -0.2) is 0 Å². The van der Waals surface area contributed by atoms with Crippen LogP contribution in [0.5, 0.6) is 0 Å². The maximum atomic E-state index is 12.2. The maximum Gasteiger partial charge on any atom is 0.187 e. The van der Waals surface area contributed by atoms with E-state index < -0.39 is 0 Å². The van der Waals surface area contributed by atoms with Gasteiger partial charge in [-0.1, -0.05) is 13.8 Å². The zero-order valence-corrected chi connectivity index (χ0v) is 10.7. The van der Waals surface area contributed by atoms with Gasteiger partial charge in [0.05, 0.1) is 10.7 Å². The molecule has 0 amide bonds. The van der Waals surface area contributed by atoms with Gasteiger partial charge in [0.1, 0.15) is 5.69 Å². The normalized spacial score (nSPS) is 17.8. The zero-order chi connectivity index (χ0) is 11.1. The van der Waals surface area contributed by atoms with E-state index in [1.54, 1.807) is 6.20 Å². The number of halogens is 1. The molecule has 0 saturated heterocycles. The third-order valence-corrected chi connectivity index (χ3v) is 3.57. The summed E-state index contributed by atoms with van der Waals surface area (Å²) < 4.78 is 2.64. The lowest BCUT2D eigenvalue weighted by Gasteiger charge is -2.10. The van der Waals surface area contributed by atoms with Crippen molar-refractivity contribution in [3.8, 4) is 0 Å². The van der Waals surface area contributed by atoms with E-state index in [0.29, 0.717) is 0 Å². The standard InChI is InChI=1S/C11H15BrN2O/c1-3-6-14-9(8(12)7-13-14)10(15)11(2)4-5-11/h7H,3-6H2,1-2H3. The van der Waals surface area contributed by atoms with Crippen molar-refractivity contribution in [3.05, 3.63) is 16.4 Å². The van der Waals surface area contributed by atoms with E-state index in [1.807, 2.05) is 11.6 Å². The smallest absolute Gasteiger partial charge is 0.187 e. The highest BCUT2D eigenvalue weighted by Gasteiger charge is 2.46. The average Bonchev–Trinajstić information content (AvgIpc) is 2.85. The molecule has 3 nitrogen and oxygen atoms in total. The van der Waals surface area contributed by atoms with E-state index in [-0.39, 0.29) is 11.2 Å². The fourth-order valence-corrected chi connectivity index (χ4v) is 2.15. The van der Waals surface area contributed by atoms with E-state index in [0.717, 1.165) is 36.0 Å². The van der Waals surface area contributed by atoms with Crippen molar-refractivity contribution >= 4 is 21.7 Å². The minimum Gasteiger partial charge on any atom is -0.292 e. The predicted molar refractivity (Wildman–Crippen MR) is 61.9 cm³/mol. The zero-order valence-electron chi connectivity index (χ0n) is 9.09. The number of rotatable bonds is 4. The summed E-state index contributed by atoms with van der Waals surface area (Å²) in [7, 11) is 0. The summed E-state index contributed by atoms with van der Waals surface area (Å²) in [6.07, 6.45) is 4.73. The summed E-state index contributed by atoms with van der Waals surface area (Å²) in [4.78, 5) is 12.2. The Balaban J connectivity index is 2.33. The monoisotopic (exact) mass is 270 g/mol. The fraction of sp³-hybridized carbons (Fsp3) is 0.636. The van der Waals surface area contributed by atoms with Crippen LogP contribution >= 0.6 is 15.9 Å². The molecule has 1 aromatic heterocycles. The Morgan fingerprint density at radius 3 is 2.87 bits per heavy atom. The van der Waals surface area contributed by atoms with Crippen LogP contribution in [0.2, 0.25) is 0 Å². The molecule has 0 bridgehead atoms. The number of aromatic nitrogens is 2. The summed E-state index contributed by atoms with van der Waals surface area (Å²) in [5.74, 6) is 0.236. The molecule has 1 saturated carbocycles. The maximum absolute atomic E-state index is 12.2. The molecule has 4 heteroatoms. The molecular weight excluding hydrogens is 256 g/mol. The van der Waals surface area contributed by atoms with Gasteiger partial charge in [0.2, 0.25) is 0 Å². The van der Waals surface area contributed by atoms with Gasteiger partial charge in [0, 0.05) is 12.0 Å². The first-order chi connectivity index (χ1) is 7.08. The van der Waals surface area contributed by atoms with E-state index in [1.165, 1.54) is 0 Å². The van der Waals surface area contributed by atoms with Gasteiger partial charge in [0.25, 0.3) is 0 Å². The number of hydrogen-bond donors (Lipinski definition) is 0.